The van der Waals surface area contributed by atoms with E-state index in [0.717, 1.165) is 13.1 Å². The first-order valence-electron chi connectivity index (χ1n) is 8.05. The minimum absolute atomic E-state index is 0.234. The summed E-state index contributed by atoms with van der Waals surface area (Å²) in [4.78, 5) is 16.2. The molecule has 2 aliphatic rings. The Morgan fingerprint density at radius 1 is 1.25 bits per heavy atom. The van der Waals surface area contributed by atoms with Crippen LogP contribution in [-0.4, -0.2) is 59.6 Å². The van der Waals surface area contributed by atoms with E-state index in [1.165, 1.54) is 6.07 Å². The average molecular weight is 331 g/mol. The van der Waals surface area contributed by atoms with E-state index in [2.05, 4.69) is 4.90 Å². The summed E-state index contributed by atoms with van der Waals surface area (Å²) in [6, 6.07) is 6.44. The van der Waals surface area contributed by atoms with Gasteiger partial charge in [-0.15, -0.1) is 0 Å². The van der Waals surface area contributed by atoms with E-state index in [0.29, 0.717) is 24.2 Å². The van der Waals surface area contributed by atoms with E-state index < -0.39 is 11.5 Å². The average Bonchev–Trinajstić information content (AvgIpc) is 2.56. The zero-order chi connectivity index (χ0) is 17.3. The molecule has 0 saturated carbocycles. The summed E-state index contributed by atoms with van der Waals surface area (Å²) in [7, 11) is 2.01. The van der Waals surface area contributed by atoms with Crippen molar-refractivity contribution in [3.05, 3.63) is 53.5 Å². The molecule has 0 radical (unpaired) electrons. The van der Waals surface area contributed by atoms with Crippen molar-refractivity contribution in [1.82, 2.24) is 9.80 Å². The number of halogens is 1. The number of carboxylic acid groups (broad SMARTS) is 1. The normalized spacial score (nSPS) is 25.9. The molecular weight excluding hydrogens is 309 g/mol. The second kappa shape index (κ2) is 6.37. The van der Waals surface area contributed by atoms with Gasteiger partial charge in [0.25, 0.3) is 0 Å². The lowest BCUT2D eigenvalue weighted by molar-refractivity contribution is -0.150. The molecule has 128 valence electrons. The van der Waals surface area contributed by atoms with Crippen molar-refractivity contribution in [3.63, 3.8) is 0 Å². The van der Waals surface area contributed by atoms with Gasteiger partial charge in [-0.1, -0.05) is 24.3 Å². The van der Waals surface area contributed by atoms with Gasteiger partial charge in [-0.2, -0.15) is 0 Å². The first-order chi connectivity index (χ1) is 11.4. The van der Waals surface area contributed by atoms with Crippen molar-refractivity contribution >= 4 is 11.5 Å². The molecule has 3 rings (SSSR count). The van der Waals surface area contributed by atoms with Crippen LogP contribution in [0.25, 0.3) is 5.57 Å². The molecule has 1 unspecified atom stereocenters. The van der Waals surface area contributed by atoms with Crippen molar-refractivity contribution in [1.29, 1.82) is 0 Å². The minimum atomic E-state index is -1.24. The number of likely N-dealkylation sites (N-methyl/N-ethyl adjacent to an activating group) is 1. The molecule has 0 amide bonds. The topological polar surface area (TPSA) is 69.8 Å². The summed E-state index contributed by atoms with van der Waals surface area (Å²) >= 11 is 0. The molecule has 5 nitrogen and oxygen atoms in total. The van der Waals surface area contributed by atoms with Crippen LogP contribution < -0.4 is 5.73 Å². The van der Waals surface area contributed by atoms with Crippen molar-refractivity contribution < 1.29 is 14.3 Å². The summed E-state index contributed by atoms with van der Waals surface area (Å²) in [5.74, 6) is -1.29. The fraction of sp³-hybridized carbons (Fsp3) is 0.389. The molecule has 1 aliphatic carbocycles. The maximum Gasteiger partial charge on any atom is 0.330 e. The van der Waals surface area contributed by atoms with Crippen molar-refractivity contribution in [3.8, 4) is 0 Å². The van der Waals surface area contributed by atoms with E-state index in [1.54, 1.807) is 30.4 Å². The van der Waals surface area contributed by atoms with Crippen molar-refractivity contribution in [2.45, 2.75) is 12.0 Å². The molecule has 1 atom stereocenters. The van der Waals surface area contributed by atoms with Crippen LogP contribution >= 0.6 is 0 Å². The van der Waals surface area contributed by atoms with Gasteiger partial charge in [0, 0.05) is 43.9 Å². The molecule has 0 bridgehead atoms. The van der Waals surface area contributed by atoms with Gasteiger partial charge in [-0.3, -0.25) is 4.90 Å². The number of nitrogens with zero attached hydrogens (tertiary/aromatic N) is 2. The van der Waals surface area contributed by atoms with Crippen LogP contribution in [0.3, 0.4) is 0 Å². The van der Waals surface area contributed by atoms with E-state index in [-0.39, 0.29) is 17.9 Å². The van der Waals surface area contributed by atoms with Gasteiger partial charge in [0.15, 0.2) is 5.54 Å². The van der Waals surface area contributed by atoms with Crippen LogP contribution in [0.15, 0.2) is 42.1 Å². The number of nitrogens with two attached hydrogens (primary N) is 1. The molecule has 24 heavy (non-hydrogen) atoms. The summed E-state index contributed by atoms with van der Waals surface area (Å²) in [6.45, 7) is 2.87. The van der Waals surface area contributed by atoms with Gasteiger partial charge in [0.05, 0.1) is 0 Å². The Morgan fingerprint density at radius 2 is 1.92 bits per heavy atom. The number of aliphatic carboxylic acids is 1. The number of benzene rings is 1. The highest BCUT2D eigenvalue weighted by Crippen LogP contribution is 2.36. The van der Waals surface area contributed by atoms with Gasteiger partial charge >= 0.3 is 5.97 Å². The van der Waals surface area contributed by atoms with Crippen LogP contribution in [0, 0.1) is 5.82 Å². The third kappa shape index (κ3) is 2.72. The lowest BCUT2D eigenvalue weighted by Crippen LogP contribution is -2.62. The molecule has 1 aromatic rings. The highest BCUT2D eigenvalue weighted by Gasteiger charge is 2.48. The van der Waals surface area contributed by atoms with Crippen LogP contribution in [0.1, 0.15) is 12.0 Å². The molecule has 1 heterocycles. The largest absolute Gasteiger partial charge is 0.480 e. The Morgan fingerprint density at radius 3 is 2.50 bits per heavy atom. The minimum Gasteiger partial charge on any atom is -0.480 e. The zero-order valence-electron chi connectivity index (χ0n) is 13.7. The van der Waals surface area contributed by atoms with Gasteiger partial charge in [-0.25, -0.2) is 9.18 Å². The van der Waals surface area contributed by atoms with E-state index >= 15 is 0 Å². The third-order valence-electron chi connectivity index (χ3n) is 4.99. The smallest absolute Gasteiger partial charge is 0.330 e. The number of carboxylic acids is 1. The number of rotatable bonds is 3. The summed E-state index contributed by atoms with van der Waals surface area (Å²) in [5.41, 5.74) is 6.32. The third-order valence-corrected chi connectivity index (χ3v) is 4.99. The van der Waals surface area contributed by atoms with Crippen LogP contribution in [0.2, 0.25) is 0 Å². The van der Waals surface area contributed by atoms with Crippen molar-refractivity contribution in [2.24, 2.45) is 5.73 Å². The van der Waals surface area contributed by atoms with Crippen LogP contribution in [-0.2, 0) is 4.79 Å². The number of hydrogen-bond donors (Lipinski definition) is 2. The Balaban J connectivity index is 1.94. The first-order valence-corrected chi connectivity index (χ1v) is 8.05. The molecule has 0 aromatic heterocycles. The summed E-state index contributed by atoms with van der Waals surface area (Å²) in [6.07, 6.45) is 3.62. The molecule has 1 fully saturated rings. The van der Waals surface area contributed by atoms with E-state index in [9.17, 15) is 14.3 Å². The standard InChI is InChI=1S/C18H22FN3O2/c1-21-8-10-22(11-9-21)18(17(23)24)7-6-13(12-16(18)20)14-4-2-3-5-15(14)19/h2-6,12H,7-11,20H2,1H3,(H,23,24). The maximum atomic E-state index is 14.0. The van der Waals surface area contributed by atoms with E-state index in [1.807, 2.05) is 11.9 Å². The molecular formula is C18H22FN3O2. The van der Waals surface area contributed by atoms with Crippen LogP contribution in [0.5, 0.6) is 0 Å². The lowest BCUT2D eigenvalue weighted by Gasteiger charge is -2.45. The predicted molar refractivity (Wildman–Crippen MR) is 90.7 cm³/mol. The highest BCUT2D eigenvalue weighted by atomic mass is 19.1. The Bertz CT molecular complexity index is 708. The second-order valence-electron chi connectivity index (χ2n) is 6.40. The number of carbonyl (C=O) groups is 1. The van der Waals surface area contributed by atoms with Gasteiger partial charge in [-0.05, 0) is 24.8 Å². The van der Waals surface area contributed by atoms with Gasteiger partial charge < -0.3 is 15.7 Å². The molecule has 1 saturated heterocycles. The molecule has 0 spiro atoms. The monoisotopic (exact) mass is 331 g/mol. The Hall–Kier alpha value is -2.18. The van der Waals surface area contributed by atoms with Crippen molar-refractivity contribution in [2.75, 3.05) is 33.2 Å². The molecule has 6 heteroatoms. The van der Waals surface area contributed by atoms with Crippen LogP contribution in [0.4, 0.5) is 4.39 Å². The number of allylic oxidation sites excluding steroid dienone is 2. The Labute approximate surface area is 140 Å². The molecule has 1 aliphatic heterocycles. The maximum absolute atomic E-state index is 14.0. The number of piperazine rings is 1. The lowest BCUT2D eigenvalue weighted by atomic mass is 9.81. The highest BCUT2D eigenvalue weighted by molar-refractivity contribution is 5.88. The fourth-order valence-electron chi connectivity index (χ4n) is 3.45. The van der Waals surface area contributed by atoms with Gasteiger partial charge in [0.1, 0.15) is 5.82 Å². The van der Waals surface area contributed by atoms with E-state index in [4.69, 9.17) is 5.73 Å². The number of hydrogen-bond acceptors (Lipinski definition) is 4. The quantitative estimate of drug-likeness (QED) is 0.879. The van der Waals surface area contributed by atoms with Gasteiger partial charge in [0.2, 0.25) is 0 Å². The second-order valence-corrected chi connectivity index (χ2v) is 6.40. The Kier molecular flexibility index (Phi) is 4.43. The molecule has 1 aromatic carbocycles. The zero-order valence-corrected chi connectivity index (χ0v) is 13.7. The SMILES string of the molecule is CN1CCN(C2(C(=O)O)CC=C(c3ccccc3F)C=C2N)CC1. The molecule has 3 N–H and O–H groups in total. The fourth-order valence-corrected chi connectivity index (χ4v) is 3.45. The summed E-state index contributed by atoms with van der Waals surface area (Å²) in [5, 5.41) is 9.91. The predicted octanol–water partition coefficient (Wildman–Crippen LogP) is 1.53. The summed E-state index contributed by atoms with van der Waals surface area (Å²) < 4.78 is 14.0. The first kappa shape index (κ1) is 16.7.